The molecule has 0 aromatic heterocycles. The van der Waals surface area contributed by atoms with Gasteiger partial charge < -0.3 is 19.9 Å². The van der Waals surface area contributed by atoms with Crippen molar-refractivity contribution in [3.8, 4) is 0 Å². The molecular weight excluding hydrogens is 278 g/mol. The summed E-state index contributed by atoms with van der Waals surface area (Å²) in [7, 11) is 0. The van der Waals surface area contributed by atoms with Gasteiger partial charge in [-0.15, -0.1) is 0 Å². The number of hydrogen-bond acceptors (Lipinski definition) is 4. The highest BCUT2D eigenvalue weighted by Gasteiger charge is 2.34. The van der Waals surface area contributed by atoms with Gasteiger partial charge in [-0.3, -0.25) is 0 Å². The molecule has 1 heterocycles. The summed E-state index contributed by atoms with van der Waals surface area (Å²) in [4.78, 5) is 0. The summed E-state index contributed by atoms with van der Waals surface area (Å²) in [6.45, 7) is 2.82. The fourth-order valence-corrected chi connectivity index (χ4v) is 3.28. The first kappa shape index (κ1) is 15.9. The van der Waals surface area contributed by atoms with Crippen molar-refractivity contribution < 1.29 is 14.6 Å². The Bertz CT molecular complexity index is 437. The van der Waals surface area contributed by atoms with Crippen LogP contribution in [0.25, 0.3) is 0 Å². The molecule has 0 radical (unpaired) electrons. The van der Waals surface area contributed by atoms with Crippen LogP contribution in [0.2, 0.25) is 0 Å². The Kier molecular flexibility index (Phi) is 5.47. The fourth-order valence-electron chi connectivity index (χ4n) is 3.28. The molecule has 0 amide bonds. The van der Waals surface area contributed by atoms with E-state index in [0.717, 1.165) is 45.3 Å². The Morgan fingerprint density at radius 3 is 2.64 bits per heavy atom. The number of hydrogen-bond donors (Lipinski definition) is 2. The molecule has 0 unspecified atom stereocenters. The molecular formula is C18H27NO3. The molecule has 1 saturated carbocycles. The molecule has 4 heteroatoms. The summed E-state index contributed by atoms with van der Waals surface area (Å²) in [5, 5.41) is 14.2. The zero-order valence-electron chi connectivity index (χ0n) is 13.2. The highest BCUT2D eigenvalue weighted by atomic mass is 16.5. The molecule has 22 heavy (non-hydrogen) atoms. The van der Waals surface area contributed by atoms with Crippen LogP contribution in [0.3, 0.4) is 0 Å². The molecule has 1 saturated heterocycles. The summed E-state index contributed by atoms with van der Waals surface area (Å²) < 4.78 is 11.1. The molecule has 2 aliphatic rings. The maximum atomic E-state index is 10.6. The summed E-state index contributed by atoms with van der Waals surface area (Å²) in [5.41, 5.74) is 0.668. The van der Waals surface area contributed by atoms with Crippen LogP contribution in [0.5, 0.6) is 0 Å². The van der Waals surface area contributed by atoms with Crippen molar-refractivity contribution in [3.63, 3.8) is 0 Å². The Hall–Kier alpha value is -0.940. The van der Waals surface area contributed by atoms with Crippen LogP contribution in [-0.4, -0.2) is 42.7 Å². The minimum absolute atomic E-state index is 0.179. The lowest BCUT2D eigenvalue weighted by atomic mass is 9.82. The zero-order chi connectivity index (χ0) is 15.3. The van der Waals surface area contributed by atoms with Gasteiger partial charge in [-0.2, -0.15) is 0 Å². The molecule has 0 bridgehead atoms. The monoisotopic (exact) mass is 305 g/mol. The van der Waals surface area contributed by atoms with Crippen LogP contribution in [0, 0.1) is 0 Å². The number of nitrogens with one attached hydrogen (secondary N) is 1. The molecule has 0 spiro atoms. The Labute approximate surface area is 132 Å². The standard InChI is InChI=1S/C18H27NO3/c20-18(14-22-17-8-11-21-13-17)9-6-16(7-10-18)19-12-15-4-2-1-3-5-15/h1-5,16-17,19-20H,6-14H2/t16?,17-,18?/m0/s1. The molecule has 1 aliphatic carbocycles. The topological polar surface area (TPSA) is 50.7 Å². The smallest absolute Gasteiger partial charge is 0.0881 e. The van der Waals surface area contributed by atoms with Gasteiger partial charge >= 0.3 is 0 Å². The summed E-state index contributed by atoms with van der Waals surface area (Å²) in [6.07, 6.45) is 4.78. The quantitative estimate of drug-likeness (QED) is 0.846. The highest BCUT2D eigenvalue weighted by Crippen LogP contribution is 2.29. The largest absolute Gasteiger partial charge is 0.387 e. The summed E-state index contributed by atoms with van der Waals surface area (Å²) in [6, 6.07) is 11.0. The van der Waals surface area contributed by atoms with Crippen molar-refractivity contribution >= 4 is 0 Å². The van der Waals surface area contributed by atoms with Crippen LogP contribution >= 0.6 is 0 Å². The van der Waals surface area contributed by atoms with E-state index in [4.69, 9.17) is 9.47 Å². The SMILES string of the molecule is OC1(CO[C@H]2CCOC2)CCC(NCc2ccccc2)CC1. The maximum absolute atomic E-state index is 10.6. The third kappa shape index (κ3) is 4.53. The van der Waals surface area contributed by atoms with Crippen molar-refractivity contribution in [3.05, 3.63) is 35.9 Å². The Morgan fingerprint density at radius 1 is 1.18 bits per heavy atom. The van der Waals surface area contributed by atoms with E-state index >= 15 is 0 Å². The van der Waals surface area contributed by atoms with Crippen molar-refractivity contribution in [2.24, 2.45) is 0 Å². The van der Waals surface area contributed by atoms with E-state index < -0.39 is 5.60 Å². The second-order valence-corrected chi connectivity index (χ2v) is 6.66. The molecule has 2 fully saturated rings. The van der Waals surface area contributed by atoms with E-state index in [1.807, 2.05) is 6.07 Å². The number of aliphatic hydroxyl groups is 1. The molecule has 122 valence electrons. The lowest BCUT2D eigenvalue weighted by molar-refractivity contribution is -0.0937. The number of benzene rings is 1. The van der Waals surface area contributed by atoms with Crippen molar-refractivity contribution in [1.29, 1.82) is 0 Å². The van der Waals surface area contributed by atoms with Gasteiger partial charge in [0.05, 0.1) is 24.9 Å². The lowest BCUT2D eigenvalue weighted by Crippen LogP contribution is -2.44. The molecule has 1 aromatic rings. The van der Waals surface area contributed by atoms with Gasteiger partial charge in [0, 0.05) is 19.2 Å². The first-order chi connectivity index (χ1) is 10.7. The highest BCUT2D eigenvalue weighted by molar-refractivity contribution is 5.14. The number of rotatable bonds is 6. The van der Waals surface area contributed by atoms with Crippen LogP contribution in [0.1, 0.15) is 37.7 Å². The summed E-state index contributed by atoms with van der Waals surface area (Å²) in [5.74, 6) is 0. The van der Waals surface area contributed by atoms with E-state index in [0.29, 0.717) is 19.3 Å². The van der Waals surface area contributed by atoms with E-state index in [9.17, 15) is 5.11 Å². The lowest BCUT2D eigenvalue weighted by Gasteiger charge is -2.36. The summed E-state index contributed by atoms with van der Waals surface area (Å²) >= 11 is 0. The minimum atomic E-state index is -0.645. The maximum Gasteiger partial charge on any atom is 0.0881 e. The van der Waals surface area contributed by atoms with Gasteiger partial charge in [0.25, 0.3) is 0 Å². The van der Waals surface area contributed by atoms with E-state index in [1.165, 1.54) is 5.56 Å². The van der Waals surface area contributed by atoms with Crippen molar-refractivity contribution in [1.82, 2.24) is 5.32 Å². The van der Waals surface area contributed by atoms with Gasteiger partial charge in [0.2, 0.25) is 0 Å². The third-order valence-electron chi connectivity index (χ3n) is 4.83. The zero-order valence-corrected chi connectivity index (χ0v) is 13.2. The van der Waals surface area contributed by atoms with Crippen molar-refractivity contribution in [2.45, 2.75) is 56.4 Å². The van der Waals surface area contributed by atoms with Gasteiger partial charge in [-0.05, 0) is 37.7 Å². The minimum Gasteiger partial charge on any atom is -0.387 e. The van der Waals surface area contributed by atoms with Crippen LogP contribution in [0.15, 0.2) is 30.3 Å². The predicted molar refractivity (Wildman–Crippen MR) is 85.7 cm³/mol. The molecule has 1 aromatic carbocycles. The Balaban J connectivity index is 1.37. The van der Waals surface area contributed by atoms with Gasteiger partial charge in [0.1, 0.15) is 0 Å². The molecule has 3 rings (SSSR count). The first-order valence-corrected chi connectivity index (χ1v) is 8.43. The first-order valence-electron chi connectivity index (χ1n) is 8.43. The second kappa shape index (κ2) is 7.55. The molecule has 1 atom stereocenters. The number of ether oxygens (including phenoxy) is 2. The van der Waals surface area contributed by atoms with Crippen LogP contribution < -0.4 is 5.32 Å². The van der Waals surface area contributed by atoms with E-state index in [1.54, 1.807) is 0 Å². The average molecular weight is 305 g/mol. The van der Waals surface area contributed by atoms with E-state index in [-0.39, 0.29) is 6.10 Å². The van der Waals surface area contributed by atoms with Crippen molar-refractivity contribution in [2.75, 3.05) is 19.8 Å². The fraction of sp³-hybridized carbons (Fsp3) is 0.667. The van der Waals surface area contributed by atoms with Gasteiger partial charge in [-0.1, -0.05) is 30.3 Å². The van der Waals surface area contributed by atoms with Gasteiger partial charge in [0.15, 0.2) is 0 Å². The predicted octanol–water partition coefficient (Wildman–Crippen LogP) is 2.26. The molecule has 1 aliphatic heterocycles. The average Bonchev–Trinajstić information content (AvgIpc) is 3.07. The van der Waals surface area contributed by atoms with E-state index in [2.05, 4.69) is 29.6 Å². The Morgan fingerprint density at radius 2 is 1.95 bits per heavy atom. The van der Waals surface area contributed by atoms with Crippen LogP contribution in [-0.2, 0) is 16.0 Å². The second-order valence-electron chi connectivity index (χ2n) is 6.66. The third-order valence-corrected chi connectivity index (χ3v) is 4.83. The molecule has 4 nitrogen and oxygen atoms in total. The normalized spacial score (nSPS) is 32.2. The van der Waals surface area contributed by atoms with Gasteiger partial charge in [-0.25, -0.2) is 0 Å². The molecule has 2 N–H and O–H groups in total. The van der Waals surface area contributed by atoms with Crippen LogP contribution in [0.4, 0.5) is 0 Å².